The summed E-state index contributed by atoms with van der Waals surface area (Å²) in [4.78, 5) is 16.3. The predicted octanol–water partition coefficient (Wildman–Crippen LogP) is 2.03. The molecule has 5 heteroatoms. The normalized spacial score (nSPS) is 15.7. The van der Waals surface area contributed by atoms with Crippen molar-refractivity contribution >= 4 is 6.03 Å². The van der Waals surface area contributed by atoms with Crippen LogP contribution in [0.15, 0.2) is 18.2 Å². The fraction of sp³-hybridized carbons (Fsp3) is 0.588. The van der Waals surface area contributed by atoms with Crippen LogP contribution in [0.5, 0.6) is 5.75 Å². The number of nitrogens with zero attached hydrogens (tertiary/aromatic N) is 2. The van der Waals surface area contributed by atoms with Gasteiger partial charge in [0.2, 0.25) is 0 Å². The molecule has 0 aromatic heterocycles. The van der Waals surface area contributed by atoms with Gasteiger partial charge in [-0.25, -0.2) is 4.79 Å². The van der Waals surface area contributed by atoms with Crippen LogP contribution in [-0.4, -0.2) is 61.7 Å². The zero-order valence-electron chi connectivity index (χ0n) is 13.9. The first kappa shape index (κ1) is 16.6. The van der Waals surface area contributed by atoms with Crippen LogP contribution in [0.25, 0.3) is 0 Å². The molecule has 5 nitrogen and oxygen atoms in total. The third-order valence-corrected chi connectivity index (χ3v) is 3.95. The Labute approximate surface area is 133 Å². The molecule has 22 heavy (non-hydrogen) atoms. The zero-order valence-corrected chi connectivity index (χ0v) is 13.9. The van der Waals surface area contributed by atoms with Gasteiger partial charge in [-0.1, -0.05) is 13.0 Å². The summed E-state index contributed by atoms with van der Waals surface area (Å²) >= 11 is 0. The van der Waals surface area contributed by atoms with E-state index in [4.69, 9.17) is 4.74 Å². The van der Waals surface area contributed by atoms with Gasteiger partial charge in [-0.3, -0.25) is 0 Å². The molecular weight excluding hydrogens is 278 g/mol. The van der Waals surface area contributed by atoms with Gasteiger partial charge in [0.25, 0.3) is 0 Å². The number of aryl methyl sites for hydroxylation is 2. The smallest absolute Gasteiger partial charge is 0.317 e. The van der Waals surface area contributed by atoms with Crippen LogP contribution < -0.4 is 10.1 Å². The number of carbonyl (C=O) groups is 1. The molecule has 1 fully saturated rings. The quantitative estimate of drug-likeness (QED) is 0.847. The highest BCUT2D eigenvalue weighted by atomic mass is 16.5. The first-order chi connectivity index (χ1) is 10.6. The van der Waals surface area contributed by atoms with Crippen molar-refractivity contribution in [3.63, 3.8) is 0 Å². The maximum absolute atomic E-state index is 12.1. The number of hydrogen-bond donors (Lipinski definition) is 1. The van der Waals surface area contributed by atoms with E-state index < -0.39 is 0 Å². The number of carbonyl (C=O) groups excluding carboxylic acids is 1. The van der Waals surface area contributed by atoms with Crippen LogP contribution in [0, 0.1) is 13.8 Å². The molecule has 2 rings (SSSR count). The maximum Gasteiger partial charge on any atom is 0.317 e. The third-order valence-electron chi connectivity index (χ3n) is 3.95. The summed E-state index contributed by atoms with van der Waals surface area (Å²) in [7, 11) is 0. The molecule has 1 heterocycles. The van der Waals surface area contributed by atoms with Gasteiger partial charge in [0.1, 0.15) is 12.4 Å². The van der Waals surface area contributed by atoms with Gasteiger partial charge in [-0.05, 0) is 43.7 Å². The van der Waals surface area contributed by atoms with Crippen molar-refractivity contribution in [3.05, 3.63) is 29.3 Å². The minimum absolute atomic E-state index is 0.0137. The highest BCUT2D eigenvalue weighted by Gasteiger charge is 2.19. The molecule has 0 spiro atoms. The molecule has 0 atom stereocenters. The number of rotatable bonds is 5. The molecule has 1 aliphatic heterocycles. The largest absolute Gasteiger partial charge is 0.492 e. The van der Waals surface area contributed by atoms with Gasteiger partial charge in [-0.2, -0.15) is 0 Å². The van der Waals surface area contributed by atoms with E-state index in [2.05, 4.69) is 37.1 Å². The number of amides is 2. The average molecular weight is 305 g/mol. The minimum atomic E-state index is 0.0137. The fourth-order valence-corrected chi connectivity index (χ4v) is 2.72. The van der Waals surface area contributed by atoms with Gasteiger partial charge in [-0.15, -0.1) is 0 Å². The summed E-state index contributed by atoms with van der Waals surface area (Å²) in [5.41, 5.74) is 2.38. The van der Waals surface area contributed by atoms with E-state index in [-0.39, 0.29) is 6.03 Å². The Morgan fingerprint density at radius 1 is 1.14 bits per heavy atom. The molecule has 1 N–H and O–H groups in total. The number of nitrogens with one attached hydrogen (secondary N) is 1. The van der Waals surface area contributed by atoms with E-state index in [0.717, 1.165) is 38.5 Å². The molecule has 0 unspecified atom stereocenters. The van der Waals surface area contributed by atoms with E-state index in [1.807, 2.05) is 17.0 Å². The summed E-state index contributed by atoms with van der Waals surface area (Å²) < 4.78 is 5.70. The molecular formula is C17H27N3O2. The van der Waals surface area contributed by atoms with Crippen molar-refractivity contribution in [2.24, 2.45) is 0 Å². The number of piperazine rings is 1. The molecule has 0 saturated carbocycles. The van der Waals surface area contributed by atoms with Crippen molar-refractivity contribution in [2.45, 2.75) is 20.8 Å². The molecule has 0 bridgehead atoms. The fourth-order valence-electron chi connectivity index (χ4n) is 2.72. The van der Waals surface area contributed by atoms with Crippen LogP contribution in [0.3, 0.4) is 0 Å². The highest BCUT2D eigenvalue weighted by molar-refractivity contribution is 5.74. The summed E-state index contributed by atoms with van der Waals surface area (Å²) in [6, 6.07) is 6.15. The summed E-state index contributed by atoms with van der Waals surface area (Å²) in [6.07, 6.45) is 0. The third kappa shape index (κ3) is 4.91. The molecule has 1 saturated heterocycles. The number of benzene rings is 1. The molecule has 2 amide bonds. The lowest BCUT2D eigenvalue weighted by molar-refractivity contribution is 0.142. The van der Waals surface area contributed by atoms with Crippen molar-refractivity contribution in [1.29, 1.82) is 0 Å². The second kappa shape index (κ2) is 8.03. The van der Waals surface area contributed by atoms with Gasteiger partial charge in [0, 0.05) is 26.2 Å². The zero-order chi connectivity index (χ0) is 15.9. The van der Waals surface area contributed by atoms with Crippen LogP contribution in [0.1, 0.15) is 18.1 Å². The highest BCUT2D eigenvalue weighted by Crippen LogP contribution is 2.15. The number of ether oxygens (including phenoxy) is 1. The van der Waals surface area contributed by atoms with Gasteiger partial charge in [0.15, 0.2) is 0 Å². The van der Waals surface area contributed by atoms with Crippen LogP contribution in [0.4, 0.5) is 4.79 Å². The summed E-state index contributed by atoms with van der Waals surface area (Å²) in [5.74, 6) is 0.864. The first-order valence-corrected chi connectivity index (χ1v) is 8.04. The Hall–Kier alpha value is -1.75. The standard InChI is InChI=1S/C17H27N3O2/c1-4-19-6-8-20(9-7-19)17(21)18-5-10-22-16-12-14(2)11-15(3)13-16/h11-13H,4-10H2,1-3H3,(H,18,21). The molecule has 0 aliphatic carbocycles. The number of likely N-dealkylation sites (N-methyl/N-ethyl adjacent to an activating group) is 1. The average Bonchev–Trinajstić information content (AvgIpc) is 2.50. The Bertz CT molecular complexity index is 476. The lowest BCUT2D eigenvalue weighted by Gasteiger charge is -2.33. The van der Waals surface area contributed by atoms with Crippen LogP contribution >= 0.6 is 0 Å². The van der Waals surface area contributed by atoms with E-state index >= 15 is 0 Å². The van der Waals surface area contributed by atoms with Crippen LogP contribution in [-0.2, 0) is 0 Å². The molecule has 0 radical (unpaired) electrons. The van der Waals surface area contributed by atoms with Crippen molar-refractivity contribution in [1.82, 2.24) is 15.1 Å². The van der Waals surface area contributed by atoms with Crippen LogP contribution in [0.2, 0.25) is 0 Å². The van der Waals surface area contributed by atoms with Crippen molar-refractivity contribution in [2.75, 3.05) is 45.9 Å². The second-order valence-corrected chi connectivity index (χ2v) is 5.83. The number of urea groups is 1. The monoisotopic (exact) mass is 305 g/mol. The van der Waals surface area contributed by atoms with E-state index in [1.165, 1.54) is 11.1 Å². The lowest BCUT2D eigenvalue weighted by Crippen LogP contribution is -2.52. The Balaban J connectivity index is 1.67. The Morgan fingerprint density at radius 3 is 2.36 bits per heavy atom. The first-order valence-electron chi connectivity index (χ1n) is 8.04. The SMILES string of the molecule is CCN1CCN(C(=O)NCCOc2cc(C)cc(C)c2)CC1. The van der Waals surface area contributed by atoms with E-state index in [9.17, 15) is 4.79 Å². The van der Waals surface area contributed by atoms with Gasteiger partial charge < -0.3 is 19.9 Å². The molecule has 1 aliphatic rings. The molecule has 1 aromatic rings. The topological polar surface area (TPSA) is 44.8 Å². The number of hydrogen-bond acceptors (Lipinski definition) is 3. The second-order valence-electron chi connectivity index (χ2n) is 5.83. The van der Waals surface area contributed by atoms with Gasteiger partial charge in [0.05, 0.1) is 6.54 Å². The predicted molar refractivity (Wildman–Crippen MR) is 88.5 cm³/mol. The Kier molecular flexibility index (Phi) is 6.07. The Morgan fingerprint density at radius 2 is 1.77 bits per heavy atom. The maximum atomic E-state index is 12.1. The van der Waals surface area contributed by atoms with Crippen molar-refractivity contribution < 1.29 is 9.53 Å². The van der Waals surface area contributed by atoms with Crippen molar-refractivity contribution in [3.8, 4) is 5.75 Å². The van der Waals surface area contributed by atoms with Gasteiger partial charge >= 0.3 is 6.03 Å². The molecule has 122 valence electrons. The lowest BCUT2D eigenvalue weighted by atomic mass is 10.1. The van der Waals surface area contributed by atoms with E-state index in [0.29, 0.717) is 13.2 Å². The summed E-state index contributed by atoms with van der Waals surface area (Å²) in [6.45, 7) is 11.9. The van der Waals surface area contributed by atoms with E-state index in [1.54, 1.807) is 0 Å². The summed E-state index contributed by atoms with van der Waals surface area (Å²) in [5, 5.41) is 2.93. The molecule has 1 aromatic carbocycles. The minimum Gasteiger partial charge on any atom is -0.492 e.